The Bertz CT molecular complexity index is 883. The van der Waals surface area contributed by atoms with E-state index in [1.807, 2.05) is 6.92 Å². The van der Waals surface area contributed by atoms with E-state index in [9.17, 15) is 13.2 Å². The molecule has 0 fully saturated rings. The molecule has 2 aromatic rings. The van der Waals surface area contributed by atoms with Gasteiger partial charge < -0.3 is 9.42 Å². The summed E-state index contributed by atoms with van der Waals surface area (Å²) in [5.74, 6) is 0.664. The molecule has 0 saturated carbocycles. The number of anilines is 1. The first-order valence-electron chi connectivity index (χ1n) is 7.60. The van der Waals surface area contributed by atoms with Gasteiger partial charge in [-0.2, -0.15) is 0 Å². The molecule has 0 atom stereocenters. The topological polar surface area (TPSA) is 92.5 Å². The molecule has 0 unspecified atom stereocenters. The minimum atomic E-state index is -3.63. The monoisotopic (exact) mass is 349 g/mol. The summed E-state index contributed by atoms with van der Waals surface area (Å²) in [7, 11) is -1.94. The molecule has 1 N–H and O–H groups in total. The molecule has 0 aliphatic carbocycles. The number of rotatable bonds is 5. The van der Waals surface area contributed by atoms with E-state index < -0.39 is 10.0 Å². The van der Waals surface area contributed by atoms with Gasteiger partial charge in [-0.15, -0.1) is 0 Å². The minimum absolute atomic E-state index is 0.0362. The maximum absolute atomic E-state index is 12.4. The predicted octanol–water partition coefficient (Wildman–Crippen LogP) is 1.33. The minimum Gasteiger partial charge on any atom is -0.361 e. The lowest BCUT2D eigenvalue weighted by atomic mass is 10.1. The van der Waals surface area contributed by atoms with Gasteiger partial charge in [0, 0.05) is 24.8 Å². The highest BCUT2D eigenvalue weighted by Crippen LogP contribution is 2.29. The molecule has 0 saturated heterocycles. The van der Waals surface area contributed by atoms with E-state index in [1.165, 1.54) is 11.0 Å². The van der Waals surface area contributed by atoms with Crippen LogP contribution in [-0.2, 0) is 27.7 Å². The Hall–Kier alpha value is -2.19. The summed E-state index contributed by atoms with van der Waals surface area (Å²) >= 11 is 0. The molecule has 2 heterocycles. The maximum Gasteiger partial charge on any atom is 0.240 e. The maximum atomic E-state index is 12.4. The van der Waals surface area contributed by atoms with Crippen molar-refractivity contribution in [2.75, 3.05) is 18.5 Å². The molecule has 1 aromatic carbocycles. The van der Waals surface area contributed by atoms with Gasteiger partial charge in [-0.25, -0.2) is 13.1 Å². The van der Waals surface area contributed by atoms with Gasteiger partial charge in [0.1, 0.15) is 5.76 Å². The zero-order chi connectivity index (χ0) is 17.5. The summed E-state index contributed by atoms with van der Waals surface area (Å²) in [6, 6.07) is 4.75. The number of aryl methyl sites for hydroxylation is 2. The number of fused-ring (bicyclic) bond motifs is 1. The van der Waals surface area contributed by atoms with Crippen LogP contribution in [0, 0.1) is 13.8 Å². The average Bonchev–Trinajstić information content (AvgIpc) is 3.00. The number of carbonyl (C=O) groups is 1. The van der Waals surface area contributed by atoms with Crippen molar-refractivity contribution in [2.45, 2.75) is 31.6 Å². The second-order valence-corrected chi connectivity index (χ2v) is 7.64. The van der Waals surface area contributed by atoms with E-state index in [4.69, 9.17) is 4.52 Å². The normalized spacial score (nSPS) is 14.3. The van der Waals surface area contributed by atoms with Gasteiger partial charge in [0.2, 0.25) is 15.9 Å². The fourth-order valence-electron chi connectivity index (χ4n) is 2.87. The number of likely N-dealkylation sites (N-methyl/N-ethyl adjacent to an activating group) is 1. The molecule has 8 heteroatoms. The van der Waals surface area contributed by atoms with Gasteiger partial charge in [0.25, 0.3) is 0 Å². The molecule has 3 rings (SSSR count). The van der Waals surface area contributed by atoms with Crippen LogP contribution in [0.3, 0.4) is 0 Å². The number of nitrogens with zero attached hydrogens (tertiary/aromatic N) is 2. The number of hydrogen-bond donors (Lipinski definition) is 1. The second kappa shape index (κ2) is 6.03. The Kier molecular flexibility index (Phi) is 4.18. The van der Waals surface area contributed by atoms with Crippen molar-refractivity contribution in [3.05, 3.63) is 40.8 Å². The number of benzene rings is 1. The third-order valence-corrected chi connectivity index (χ3v) is 5.75. The first-order valence-corrected chi connectivity index (χ1v) is 9.09. The summed E-state index contributed by atoms with van der Waals surface area (Å²) in [5, 5.41) is 3.85. The van der Waals surface area contributed by atoms with Gasteiger partial charge in [-0.1, -0.05) is 5.16 Å². The highest BCUT2D eigenvalue weighted by Gasteiger charge is 2.26. The van der Waals surface area contributed by atoms with Crippen LogP contribution in [0.25, 0.3) is 0 Å². The molecule has 1 aromatic heterocycles. The van der Waals surface area contributed by atoms with E-state index in [-0.39, 0.29) is 23.8 Å². The number of amides is 1. The fraction of sp³-hybridized carbons (Fsp3) is 0.375. The smallest absolute Gasteiger partial charge is 0.240 e. The van der Waals surface area contributed by atoms with Crippen LogP contribution in [0.4, 0.5) is 5.69 Å². The van der Waals surface area contributed by atoms with Crippen LogP contribution in [0.5, 0.6) is 0 Å². The van der Waals surface area contributed by atoms with Crippen molar-refractivity contribution in [3.63, 3.8) is 0 Å². The van der Waals surface area contributed by atoms with Crippen LogP contribution in [0.1, 0.15) is 22.6 Å². The van der Waals surface area contributed by atoms with Crippen molar-refractivity contribution >= 4 is 21.6 Å². The lowest BCUT2D eigenvalue weighted by molar-refractivity contribution is -0.117. The Labute approximate surface area is 140 Å². The number of nitrogens with one attached hydrogen (secondary N) is 1. The van der Waals surface area contributed by atoms with Crippen LogP contribution in [0.15, 0.2) is 27.6 Å². The molecule has 24 heavy (non-hydrogen) atoms. The van der Waals surface area contributed by atoms with Crippen molar-refractivity contribution in [1.82, 2.24) is 9.88 Å². The van der Waals surface area contributed by atoms with Crippen molar-refractivity contribution in [3.8, 4) is 0 Å². The highest BCUT2D eigenvalue weighted by atomic mass is 32.2. The number of hydrogen-bond acceptors (Lipinski definition) is 5. The van der Waals surface area contributed by atoms with E-state index in [1.54, 1.807) is 26.1 Å². The SMILES string of the molecule is Cc1noc(C)c1CCNS(=O)(=O)c1ccc2c(c1)CC(=O)N2C. The second-order valence-electron chi connectivity index (χ2n) is 5.87. The number of aromatic nitrogens is 1. The molecular formula is C16H19N3O4S. The molecule has 0 bridgehead atoms. The molecule has 1 aliphatic rings. The van der Waals surface area contributed by atoms with Gasteiger partial charge in [0.15, 0.2) is 0 Å². The van der Waals surface area contributed by atoms with Gasteiger partial charge >= 0.3 is 0 Å². The first kappa shape index (κ1) is 16.7. The van der Waals surface area contributed by atoms with Gasteiger partial charge in [0.05, 0.1) is 17.0 Å². The average molecular weight is 349 g/mol. The molecule has 128 valence electrons. The Morgan fingerprint density at radius 3 is 2.75 bits per heavy atom. The lowest BCUT2D eigenvalue weighted by Gasteiger charge is -2.11. The van der Waals surface area contributed by atoms with Crippen LogP contribution in [0.2, 0.25) is 0 Å². The molecule has 7 nitrogen and oxygen atoms in total. The van der Waals surface area contributed by atoms with Crippen molar-refractivity contribution in [2.24, 2.45) is 0 Å². The number of sulfonamides is 1. The zero-order valence-corrected chi connectivity index (χ0v) is 14.6. The summed E-state index contributed by atoms with van der Waals surface area (Å²) in [6.45, 7) is 3.88. The highest BCUT2D eigenvalue weighted by molar-refractivity contribution is 7.89. The summed E-state index contributed by atoms with van der Waals surface area (Å²) in [4.78, 5) is 13.4. The van der Waals surface area contributed by atoms with E-state index >= 15 is 0 Å². The Balaban J connectivity index is 1.72. The van der Waals surface area contributed by atoms with Crippen molar-refractivity contribution < 1.29 is 17.7 Å². The third-order valence-electron chi connectivity index (χ3n) is 4.29. The quantitative estimate of drug-likeness (QED) is 0.879. The summed E-state index contributed by atoms with van der Waals surface area (Å²) in [6.07, 6.45) is 0.737. The Morgan fingerprint density at radius 1 is 1.33 bits per heavy atom. The number of carbonyl (C=O) groups excluding carboxylic acids is 1. The lowest BCUT2D eigenvalue weighted by Crippen LogP contribution is -2.26. The Morgan fingerprint density at radius 2 is 2.08 bits per heavy atom. The largest absolute Gasteiger partial charge is 0.361 e. The van der Waals surface area contributed by atoms with Crippen molar-refractivity contribution in [1.29, 1.82) is 0 Å². The molecule has 1 aliphatic heterocycles. The molecule has 0 radical (unpaired) electrons. The van der Waals surface area contributed by atoms with Gasteiger partial charge in [-0.3, -0.25) is 4.79 Å². The van der Waals surface area contributed by atoms with Crippen LogP contribution < -0.4 is 9.62 Å². The standard InChI is InChI=1S/C16H19N3O4S/c1-10-14(11(2)23-18-10)6-7-17-24(21,22)13-4-5-15-12(8-13)9-16(20)19(15)3/h4-5,8,17H,6-7,9H2,1-3H3. The molecular weight excluding hydrogens is 330 g/mol. The van der Waals surface area contributed by atoms with E-state index in [0.717, 1.165) is 22.5 Å². The van der Waals surface area contributed by atoms with Crippen LogP contribution in [-0.4, -0.2) is 33.1 Å². The van der Waals surface area contributed by atoms with Crippen LogP contribution >= 0.6 is 0 Å². The molecule has 1 amide bonds. The molecule has 0 spiro atoms. The zero-order valence-electron chi connectivity index (χ0n) is 13.8. The first-order chi connectivity index (χ1) is 11.3. The van der Waals surface area contributed by atoms with E-state index in [0.29, 0.717) is 12.2 Å². The predicted molar refractivity (Wildman–Crippen MR) is 88.4 cm³/mol. The summed E-state index contributed by atoms with van der Waals surface area (Å²) in [5.41, 5.74) is 3.18. The van der Waals surface area contributed by atoms with Gasteiger partial charge in [-0.05, 0) is 44.0 Å². The third kappa shape index (κ3) is 2.94. The fourth-order valence-corrected chi connectivity index (χ4v) is 3.95. The summed E-state index contributed by atoms with van der Waals surface area (Å²) < 4.78 is 32.5. The van der Waals surface area contributed by atoms with E-state index in [2.05, 4.69) is 9.88 Å².